The van der Waals surface area contributed by atoms with Crippen molar-refractivity contribution in [1.82, 2.24) is 0 Å². The van der Waals surface area contributed by atoms with E-state index in [1.54, 1.807) is 13.8 Å². The summed E-state index contributed by atoms with van der Waals surface area (Å²) in [6.07, 6.45) is 0. The summed E-state index contributed by atoms with van der Waals surface area (Å²) in [6, 6.07) is 30.4. The standard InChI is InChI=1S/C32H29N3O4/c1-21-6-5-7-28(20-21)32(37)27-12-18-31(19-13-27)35(29-14-8-25(9-15-29)22(2)33-38)30-16-10-26(11-17-30)23(3)34-39-24(4)36/h5-20,38H,1-4H3/b33-22+,34-23-. The van der Waals surface area contributed by atoms with Crippen LogP contribution in [0.1, 0.15) is 53.4 Å². The van der Waals surface area contributed by atoms with Crippen LogP contribution in [-0.2, 0) is 9.63 Å². The number of ketones is 1. The molecule has 4 aromatic carbocycles. The number of hydrogen-bond donors (Lipinski definition) is 1. The molecule has 0 aliphatic carbocycles. The Morgan fingerprint density at radius 3 is 1.62 bits per heavy atom. The fourth-order valence-electron chi connectivity index (χ4n) is 4.11. The average molecular weight is 520 g/mol. The minimum Gasteiger partial charge on any atom is -0.411 e. The zero-order valence-electron chi connectivity index (χ0n) is 22.3. The number of aryl methyl sites for hydroxylation is 1. The van der Waals surface area contributed by atoms with Gasteiger partial charge in [0.1, 0.15) is 0 Å². The molecule has 0 unspecified atom stereocenters. The van der Waals surface area contributed by atoms with E-state index < -0.39 is 5.97 Å². The molecule has 39 heavy (non-hydrogen) atoms. The van der Waals surface area contributed by atoms with Gasteiger partial charge in [-0.25, -0.2) is 4.79 Å². The summed E-state index contributed by atoms with van der Waals surface area (Å²) in [7, 11) is 0. The van der Waals surface area contributed by atoms with E-state index in [9.17, 15) is 9.59 Å². The van der Waals surface area contributed by atoms with Gasteiger partial charge in [0.15, 0.2) is 5.78 Å². The Labute approximate surface area is 227 Å². The van der Waals surface area contributed by atoms with Crippen molar-refractivity contribution < 1.29 is 19.6 Å². The van der Waals surface area contributed by atoms with Crippen molar-refractivity contribution in [3.63, 3.8) is 0 Å². The molecule has 0 atom stereocenters. The summed E-state index contributed by atoms with van der Waals surface area (Å²) in [5.41, 5.74) is 7.58. The van der Waals surface area contributed by atoms with Crippen LogP contribution in [0, 0.1) is 6.92 Å². The van der Waals surface area contributed by atoms with E-state index in [4.69, 9.17) is 10.0 Å². The fraction of sp³-hybridized carbons (Fsp3) is 0.125. The molecule has 0 fully saturated rings. The van der Waals surface area contributed by atoms with E-state index in [1.807, 2.05) is 104 Å². The van der Waals surface area contributed by atoms with E-state index in [0.717, 1.165) is 33.8 Å². The smallest absolute Gasteiger partial charge is 0.331 e. The molecule has 0 bridgehead atoms. The molecule has 7 heteroatoms. The van der Waals surface area contributed by atoms with E-state index in [1.165, 1.54) is 6.92 Å². The third-order valence-corrected chi connectivity index (χ3v) is 6.22. The van der Waals surface area contributed by atoms with Gasteiger partial charge in [0, 0.05) is 35.1 Å². The number of oxime groups is 2. The lowest BCUT2D eigenvalue weighted by Crippen LogP contribution is -2.11. The first-order valence-electron chi connectivity index (χ1n) is 12.4. The zero-order chi connectivity index (χ0) is 27.9. The van der Waals surface area contributed by atoms with Crippen molar-refractivity contribution in [1.29, 1.82) is 0 Å². The van der Waals surface area contributed by atoms with Crippen molar-refractivity contribution in [2.75, 3.05) is 4.90 Å². The van der Waals surface area contributed by atoms with Crippen LogP contribution in [0.5, 0.6) is 0 Å². The molecule has 4 rings (SSSR count). The largest absolute Gasteiger partial charge is 0.411 e. The average Bonchev–Trinajstić information content (AvgIpc) is 2.96. The summed E-state index contributed by atoms with van der Waals surface area (Å²) in [5.74, 6) is -0.516. The first-order chi connectivity index (χ1) is 18.8. The first kappa shape index (κ1) is 27.0. The van der Waals surface area contributed by atoms with Crippen molar-refractivity contribution in [3.8, 4) is 0 Å². The third-order valence-electron chi connectivity index (χ3n) is 6.22. The highest BCUT2D eigenvalue weighted by Gasteiger charge is 2.15. The molecule has 0 saturated heterocycles. The minimum atomic E-state index is -0.480. The zero-order valence-corrected chi connectivity index (χ0v) is 22.3. The van der Waals surface area contributed by atoms with E-state index >= 15 is 0 Å². The molecule has 0 aliphatic rings. The van der Waals surface area contributed by atoms with Crippen LogP contribution in [0.3, 0.4) is 0 Å². The van der Waals surface area contributed by atoms with Crippen molar-refractivity contribution in [2.24, 2.45) is 10.3 Å². The molecular weight excluding hydrogens is 490 g/mol. The van der Waals surface area contributed by atoms with Crippen LogP contribution in [0.2, 0.25) is 0 Å². The van der Waals surface area contributed by atoms with Crippen LogP contribution >= 0.6 is 0 Å². The Balaban J connectivity index is 1.71. The van der Waals surface area contributed by atoms with Crippen LogP contribution in [0.15, 0.2) is 107 Å². The Bertz CT molecular complexity index is 1540. The van der Waals surface area contributed by atoms with Gasteiger partial charge in [-0.3, -0.25) is 4.79 Å². The number of nitrogens with zero attached hydrogens (tertiary/aromatic N) is 3. The Morgan fingerprint density at radius 2 is 1.15 bits per heavy atom. The quantitative estimate of drug-likeness (QED) is 0.0875. The van der Waals surface area contributed by atoms with E-state index in [2.05, 4.69) is 15.2 Å². The van der Waals surface area contributed by atoms with Gasteiger partial charge in [-0.2, -0.15) is 0 Å². The van der Waals surface area contributed by atoms with Crippen molar-refractivity contribution >= 4 is 40.2 Å². The monoisotopic (exact) mass is 519 g/mol. The van der Waals surface area contributed by atoms with E-state index in [-0.39, 0.29) is 5.78 Å². The lowest BCUT2D eigenvalue weighted by atomic mass is 10.0. The van der Waals surface area contributed by atoms with Gasteiger partial charge >= 0.3 is 5.97 Å². The SMILES string of the molecule is CC(=O)O/N=C(/C)c1ccc(N(c2ccc(C(=O)c3cccc(C)c3)cc2)c2ccc(/C(C)=N/O)cc2)cc1. The number of hydrogen-bond acceptors (Lipinski definition) is 7. The normalized spacial score (nSPS) is 11.7. The highest BCUT2D eigenvalue weighted by molar-refractivity contribution is 6.09. The van der Waals surface area contributed by atoms with Gasteiger partial charge in [-0.15, -0.1) is 0 Å². The van der Waals surface area contributed by atoms with E-state index in [0.29, 0.717) is 22.6 Å². The molecule has 0 spiro atoms. The van der Waals surface area contributed by atoms with Gasteiger partial charge in [0.25, 0.3) is 0 Å². The predicted molar refractivity (Wildman–Crippen MR) is 154 cm³/mol. The second-order valence-corrected chi connectivity index (χ2v) is 9.12. The summed E-state index contributed by atoms with van der Waals surface area (Å²) in [5, 5.41) is 16.3. The molecule has 7 nitrogen and oxygen atoms in total. The maximum absolute atomic E-state index is 13.1. The Kier molecular flexibility index (Phi) is 8.31. The molecule has 1 N–H and O–H groups in total. The Morgan fingerprint density at radius 1 is 0.667 bits per heavy atom. The molecule has 4 aromatic rings. The minimum absolute atomic E-state index is 0.0354. The summed E-state index contributed by atoms with van der Waals surface area (Å²) in [6.45, 7) is 6.77. The van der Waals surface area contributed by atoms with Gasteiger partial charge in [0.05, 0.1) is 11.4 Å². The van der Waals surface area contributed by atoms with Crippen LogP contribution in [0.4, 0.5) is 17.1 Å². The molecule has 0 saturated carbocycles. The highest BCUT2D eigenvalue weighted by atomic mass is 16.7. The summed E-state index contributed by atoms with van der Waals surface area (Å²) in [4.78, 5) is 31.0. The van der Waals surface area contributed by atoms with Gasteiger partial charge in [-0.1, -0.05) is 58.3 Å². The van der Waals surface area contributed by atoms with Crippen LogP contribution < -0.4 is 4.90 Å². The van der Waals surface area contributed by atoms with Crippen LogP contribution in [-0.4, -0.2) is 28.4 Å². The lowest BCUT2D eigenvalue weighted by molar-refractivity contribution is -0.140. The maximum atomic E-state index is 13.1. The second-order valence-electron chi connectivity index (χ2n) is 9.12. The molecule has 0 aliphatic heterocycles. The number of anilines is 3. The predicted octanol–water partition coefficient (Wildman–Crippen LogP) is 7.18. The number of carbonyl (C=O) groups excluding carboxylic acids is 2. The Hall–Kier alpha value is -5.04. The van der Waals surface area contributed by atoms with Crippen LogP contribution in [0.25, 0.3) is 0 Å². The first-order valence-corrected chi connectivity index (χ1v) is 12.4. The number of rotatable bonds is 8. The highest BCUT2D eigenvalue weighted by Crippen LogP contribution is 2.35. The second kappa shape index (κ2) is 12.0. The molecular formula is C32H29N3O4. The lowest BCUT2D eigenvalue weighted by Gasteiger charge is -2.26. The fourth-order valence-corrected chi connectivity index (χ4v) is 4.11. The molecule has 0 aromatic heterocycles. The molecule has 196 valence electrons. The number of carbonyl (C=O) groups is 2. The van der Waals surface area contributed by atoms with Crippen molar-refractivity contribution in [2.45, 2.75) is 27.7 Å². The number of benzene rings is 4. The summed E-state index contributed by atoms with van der Waals surface area (Å²) < 4.78 is 0. The molecule has 0 heterocycles. The molecule has 0 radical (unpaired) electrons. The summed E-state index contributed by atoms with van der Waals surface area (Å²) >= 11 is 0. The van der Waals surface area contributed by atoms with Gasteiger partial charge in [-0.05, 0) is 86.5 Å². The van der Waals surface area contributed by atoms with Gasteiger partial charge < -0.3 is 14.9 Å². The van der Waals surface area contributed by atoms with Gasteiger partial charge in [0.2, 0.25) is 0 Å². The topological polar surface area (TPSA) is 91.6 Å². The molecule has 0 amide bonds. The van der Waals surface area contributed by atoms with Crippen molar-refractivity contribution in [3.05, 3.63) is 125 Å². The maximum Gasteiger partial charge on any atom is 0.331 e. The third kappa shape index (κ3) is 6.45.